The molecule has 6 nitrogen and oxygen atoms in total. The predicted octanol–water partition coefficient (Wildman–Crippen LogP) is 1.90. The molecule has 0 fully saturated rings. The van der Waals surface area contributed by atoms with Gasteiger partial charge in [0, 0.05) is 6.92 Å². The van der Waals surface area contributed by atoms with Gasteiger partial charge in [-0.25, -0.2) is 9.48 Å². The van der Waals surface area contributed by atoms with Crippen molar-refractivity contribution < 1.29 is 14.7 Å². The molecule has 2 N–H and O–H groups in total. The van der Waals surface area contributed by atoms with Crippen LogP contribution in [0.5, 0.6) is 0 Å². The summed E-state index contributed by atoms with van der Waals surface area (Å²) in [6, 6.07) is 9.50. The molecule has 0 aliphatic heterocycles. The zero-order valence-electron chi connectivity index (χ0n) is 11.3. The van der Waals surface area contributed by atoms with Gasteiger partial charge >= 0.3 is 5.97 Å². The molecule has 1 aromatic heterocycles. The first-order valence-electron chi connectivity index (χ1n) is 6.11. The molecule has 0 unspecified atom stereocenters. The van der Waals surface area contributed by atoms with E-state index in [2.05, 4.69) is 10.4 Å². The lowest BCUT2D eigenvalue weighted by atomic mass is 10.2. The van der Waals surface area contributed by atoms with Crippen molar-refractivity contribution in [2.24, 2.45) is 0 Å². The number of anilines is 1. The van der Waals surface area contributed by atoms with Crippen LogP contribution in [-0.2, 0) is 11.3 Å². The monoisotopic (exact) mass is 273 g/mol. The van der Waals surface area contributed by atoms with Crippen molar-refractivity contribution in [3.63, 3.8) is 0 Å². The standard InChI is InChI=1S/C14H15N3O3/c1-9-12(14(19)20)13(15-10(2)18)17(16-9)8-11-6-4-3-5-7-11/h3-7H,8H2,1-2H3,(H,15,18)(H,19,20). The molecule has 0 aliphatic rings. The Bertz CT molecular complexity index is 647. The van der Waals surface area contributed by atoms with E-state index in [9.17, 15) is 14.7 Å². The Morgan fingerprint density at radius 2 is 1.95 bits per heavy atom. The maximum atomic E-state index is 11.3. The zero-order chi connectivity index (χ0) is 14.7. The Morgan fingerprint density at radius 3 is 2.50 bits per heavy atom. The fourth-order valence-corrected chi connectivity index (χ4v) is 2.00. The molecule has 0 saturated carbocycles. The molecule has 1 amide bonds. The zero-order valence-corrected chi connectivity index (χ0v) is 11.3. The average Bonchev–Trinajstić information content (AvgIpc) is 2.66. The molecule has 2 aromatic rings. The second-order valence-electron chi connectivity index (χ2n) is 4.44. The SMILES string of the molecule is CC(=O)Nc1c(C(=O)O)c(C)nn1Cc1ccccc1. The minimum atomic E-state index is -1.11. The predicted molar refractivity (Wildman–Crippen MR) is 73.8 cm³/mol. The van der Waals surface area contributed by atoms with Gasteiger partial charge in [-0.3, -0.25) is 4.79 Å². The Hall–Kier alpha value is -2.63. The Morgan fingerprint density at radius 1 is 1.30 bits per heavy atom. The maximum absolute atomic E-state index is 11.3. The summed E-state index contributed by atoms with van der Waals surface area (Å²) in [5.74, 6) is -1.22. The van der Waals surface area contributed by atoms with Gasteiger partial charge in [-0.2, -0.15) is 5.10 Å². The van der Waals surface area contributed by atoms with Crippen LogP contribution in [0.1, 0.15) is 28.5 Å². The lowest BCUT2D eigenvalue weighted by Gasteiger charge is -2.08. The smallest absolute Gasteiger partial charge is 0.341 e. The van der Waals surface area contributed by atoms with Crippen molar-refractivity contribution in [3.8, 4) is 0 Å². The summed E-state index contributed by atoms with van der Waals surface area (Å²) in [4.78, 5) is 22.5. The number of hydrogen-bond donors (Lipinski definition) is 2. The van der Waals surface area contributed by atoms with Crippen molar-refractivity contribution >= 4 is 17.7 Å². The fourth-order valence-electron chi connectivity index (χ4n) is 2.00. The van der Waals surface area contributed by atoms with Crippen molar-refractivity contribution in [3.05, 3.63) is 47.2 Å². The van der Waals surface area contributed by atoms with Crippen molar-refractivity contribution in [2.45, 2.75) is 20.4 Å². The number of carboxylic acids is 1. The van der Waals surface area contributed by atoms with E-state index >= 15 is 0 Å². The van der Waals surface area contributed by atoms with Gasteiger partial charge < -0.3 is 10.4 Å². The molecule has 104 valence electrons. The van der Waals surface area contributed by atoms with Crippen molar-refractivity contribution in [1.82, 2.24) is 9.78 Å². The third-order valence-corrected chi connectivity index (χ3v) is 2.81. The van der Waals surface area contributed by atoms with Crippen LogP contribution in [-0.4, -0.2) is 26.8 Å². The van der Waals surface area contributed by atoms with E-state index in [0.717, 1.165) is 5.56 Å². The lowest BCUT2D eigenvalue weighted by Crippen LogP contribution is -2.15. The first-order chi connectivity index (χ1) is 9.49. The number of aromatic carboxylic acids is 1. The van der Waals surface area contributed by atoms with E-state index in [4.69, 9.17) is 0 Å². The van der Waals surface area contributed by atoms with Gasteiger partial charge in [0.25, 0.3) is 0 Å². The number of carbonyl (C=O) groups excluding carboxylic acids is 1. The van der Waals surface area contributed by atoms with Gasteiger partial charge in [0.2, 0.25) is 5.91 Å². The molecule has 6 heteroatoms. The van der Waals surface area contributed by atoms with E-state index in [1.54, 1.807) is 6.92 Å². The molecule has 2 rings (SSSR count). The highest BCUT2D eigenvalue weighted by Gasteiger charge is 2.21. The molecule has 0 saturated heterocycles. The van der Waals surface area contributed by atoms with E-state index in [1.165, 1.54) is 11.6 Å². The quantitative estimate of drug-likeness (QED) is 0.891. The van der Waals surface area contributed by atoms with Gasteiger partial charge in [-0.05, 0) is 12.5 Å². The Kier molecular flexibility index (Phi) is 3.84. The van der Waals surface area contributed by atoms with Crippen LogP contribution >= 0.6 is 0 Å². The maximum Gasteiger partial charge on any atom is 0.341 e. The van der Waals surface area contributed by atoms with Gasteiger partial charge in [0.05, 0.1) is 12.2 Å². The highest BCUT2D eigenvalue weighted by Crippen LogP contribution is 2.21. The number of rotatable bonds is 4. The molecule has 0 atom stereocenters. The number of nitrogens with one attached hydrogen (secondary N) is 1. The molecule has 1 heterocycles. The number of aryl methyl sites for hydroxylation is 1. The molecular formula is C14H15N3O3. The minimum absolute atomic E-state index is 0.0242. The summed E-state index contributed by atoms with van der Waals surface area (Å²) >= 11 is 0. The minimum Gasteiger partial charge on any atom is -0.477 e. The number of aromatic nitrogens is 2. The van der Waals surface area contributed by atoms with E-state index in [-0.39, 0.29) is 17.3 Å². The lowest BCUT2D eigenvalue weighted by molar-refractivity contribution is -0.114. The summed E-state index contributed by atoms with van der Waals surface area (Å²) in [5.41, 5.74) is 1.37. The summed E-state index contributed by atoms with van der Waals surface area (Å²) < 4.78 is 1.50. The van der Waals surface area contributed by atoms with Gasteiger partial charge in [0.1, 0.15) is 11.4 Å². The molecule has 0 aliphatic carbocycles. The van der Waals surface area contributed by atoms with Crippen molar-refractivity contribution in [1.29, 1.82) is 0 Å². The number of nitrogens with zero attached hydrogens (tertiary/aromatic N) is 2. The van der Waals surface area contributed by atoms with E-state index in [0.29, 0.717) is 12.2 Å². The number of hydrogen-bond acceptors (Lipinski definition) is 3. The average molecular weight is 273 g/mol. The highest BCUT2D eigenvalue weighted by molar-refractivity contribution is 5.99. The van der Waals surface area contributed by atoms with Gasteiger partial charge in [0.15, 0.2) is 0 Å². The van der Waals surface area contributed by atoms with Crippen molar-refractivity contribution in [2.75, 3.05) is 5.32 Å². The van der Waals surface area contributed by atoms with Crippen LogP contribution in [0.3, 0.4) is 0 Å². The summed E-state index contributed by atoms with van der Waals surface area (Å²) in [5, 5.41) is 16.0. The molecule has 0 radical (unpaired) electrons. The number of carbonyl (C=O) groups is 2. The molecule has 0 bridgehead atoms. The second-order valence-corrected chi connectivity index (χ2v) is 4.44. The van der Waals surface area contributed by atoms with Gasteiger partial charge in [-0.1, -0.05) is 30.3 Å². The Labute approximate surface area is 116 Å². The van der Waals surface area contributed by atoms with E-state index < -0.39 is 5.97 Å². The Balaban J connectivity index is 2.44. The van der Waals surface area contributed by atoms with E-state index in [1.807, 2.05) is 30.3 Å². The normalized spacial score (nSPS) is 10.3. The third kappa shape index (κ3) is 2.85. The van der Waals surface area contributed by atoms with Crippen LogP contribution in [0.2, 0.25) is 0 Å². The summed E-state index contributed by atoms with van der Waals surface area (Å²) in [6.45, 7) is 3.33. The first kappa shape index (κ1) is 13.8. The topological polar surface area (TPSA) is 84.2 Å². The fraction of sp³-hybridized carbons (Fsp3) is 0.214. The first-order valence-corrected chi connectivity index (χ1v) is 6.11. The van der Waals surface area contributed by atoms with Crippen LogP contribution in [0.25, 0.3) is 0 Å². The second kappa shape index (κ2) is 5.56. The number of carboxylic acid groups (broad SMARTS) is 1. The summed E-state index contributed by atoms with van der Waals surface area (Å²) in [6.07, 6.45) is 0. The highest BCUT2D eigenvalue weighted by atomic mass is 16.4. The van der Waals surface area contributed by atoms with Crippen LogP contribution in [0.15, 0.2) is 30.3 Å². The molecule has 20 heavy (non-hydrogen) atoms. The number of benzene rings is 1. The van der Waals surface area contributed by atoms with Crippen LogP contribution < -0.4 is 5.32 Å². The molecule has 0 spiro atoms. The summed E-state index contributed by atoms with van der Waals surface area (Å²) in [7, 11) is 0. The number of amides is 1. The van der Waals surface area contributed by atoms with Crippen LogP contribution in [0.4, 0.5) is 5.82 Å². The molecular weight excluding hydrogens is 258 g/mol. The van der Waals surface area contributed by atoms with Crippen LogP contribution in [0, 0.1) is 6.92 Å². The molecule has 1 aromatic carbocycles. The third-order valence-electron chi connectivity index (χ3n) is 2.81. The van der Waals surface area contributed by atoms with Gasteiger partial charge in [-0.15, -0.1) is 0 Å². The largest absolute Gasteiger partial charge is 0.477 e.